The third-order valence-corrected chi connectivity index (χ3v) is 5.82. The first-order valence-corrected chi connectivity index (χ1v) is 9.13. The molecule has 1 aliphatic rings. The minimum Gasteiger partial charge on any atom is -0.230 e. The van der Waals surface area contributed by atoms with Crippen molar-refractivity contribution in [2.75, 3.05) is 13.7 Å². The summed E-state index contributed by atoms with van der Waals surface area (Å²) in [6, 6.07) is 5.63. The first-order chi connectivity index (χ1) is 10.9. The summed E-state index contributed by atoms with van der Waals surface area (Å²) in [5.41, 5.74) is 0.224. The van der Waals surface area contributed by atoms with Gasteiger partial charge in [0.05, 0.1) is 9.80 Å². The Labute approximate surface area is 137 Å². The quantitative estimate of drug-likeness (QED) is 0.583. The highest BCUT2D eigenvalue weighted by Gasteiger charge is 2.34. The molecule has 0 saturated heterocycles. The Balaban J connectivity index is 2.09. The van der Waals surface area contributed by atoms with Crippen LogP contribution < -0.4 is 4.72 Å². The SMILES string of the molecule is C=CCC1(CNS(=O)(=O)c2ccc([N+](=O)OC)cc2)CCCC1. The Bertz CT molecular complexity index is 662. The van der Waals surface area contributed by atoms with Gasteiger partial charge in [-0.2, -0.15) is 0 Å². The number of benzene rings is 1. The number of allylic oxidation sites excluding steroid dienone is 1. The Morgan fingerprint density at radius 1 is 1.30 bits per heavy atom. The molecule has 1 saturated carbocycles. The van der Waals surface area contributed by atoms with Gasteiger partial charge in [-0.1, -0.05) is 18.9 Å². The molecule has 0 spiro atoms. The first-order valence-electron chi connectivity index (χ1n) is 7.64. The maximum atomic E-state index is 12.4. The molecule has 7 heteroatoms. The van der Waals surface area contributed by atoms with Crippen LogP contribution in [0.3, 0.4) is 0 Å². The highest BCUT2D eigenvalue weighted by molar-refractivity contribution is 7.89. The van der Waals surface area contributed by atoms with E-state index in [1.54, 1.807) is 0 Å². The average Bonchev–Trinajstić information content (AvgIpc) is 3.02. The molecular weight excluding hydrogens is 316 g/mol. The van der Waals surface area contributed by atoms with E-state index in [1.807, 2.05) is 6.08 Å². The lowest BCUT2D eigenvalue weighted by atomic mass is 9.83. The highest BCUT2D eigenvalue weighted by Crippen LogP contribution is 2.41. The fourth-order valence-corrected chi connectivity index (χ4v) is 4.23. The number of rotatable bonds is 8. The Kier molecular flexibility index (Phi) is 5.54. The summed E-state index contributed by atoms with van der Waals surface area (Å²) < 4.78 is 27.6. The molecule has 1 fully saturated rings. The monoisotopic (exact) mass is 339 g/mol. The minimum atomic E-state index is -3.60. The van der Waals surface area contributed by atoms with Crippen LogP contribution in [0.4, 0.5) is 5.69 Å². The second kappa shape index (κ2) is 7.23. The predicted octanol–water partition coefficient (Wildman–Crippen LogP) is 3.07. The van der Waals surface area contributed by atoms with Gasteiger partial charge in [0, 0.05) is 18.7 Å². The molecule has 6 nitrogen and oxygen atoms in total. The summed E-state index contributed by atoms with van der Waals surface area (Å²) in [5.74, 6) is 0. The van der Waals surface area contributed by atoms with Crippen molar-refractivity contribution in [2.45, 2.75) is 37.0 Å². The molecule has 23 heavy (non-hydrogen) atoms. The molecule has 0 bridgehead atoms. The first kappa shape index (κ1) is 17.6. The summed E-state index contributed by atoms with van der Waals surface area (Å²) in [6.07, 6.45) is 6.95. The second-order valence-corrected chi connectivity index (χ2v) is 7.72. The van der Waals surface area contributed by atoms with Crippen LogP contribution in [0.1, 0.15) is 32.1 Å². The zero-order chi connectivity index (χ0) is 16.9. The van der Waals surface area contributed by atoms with Crippen molar-refractivity contribution in [3.05, 3.63) is 41.8 Å². The van der Waals surface area contributed by atoms with Crippen LogP contribution in [-0.2, 0) is 14.9 Å². The lowest BCUT2D eigenvalue weighted by Crippen LogP contribution is -2.35. The van der Waals surface area contributed by atoms with Crippen LogP contribution in [0, 0.1) is 10.3 Å². The summed E-state index contributed by atoms with van der Waals surface area (Å²) in [4.78, 5) is 16.3. The molecule has 1 aromatic carbocycles. The predicted molar refractivity (Wildman–Crippen MR) is 87.6 cm³/mol. The standard InChI is InChI=1S/C16H23N2O4S/c1-3-10-16(11-4-5-12-16)13-17-23(20,21)15-8-6-14(7-9-15)18(19)22-2/h3,6-9,17H,1,4-5,10-13H2,2H3/q+1. The number of hydrogen-bond donors (Lipinski definition) is 1. The van der Waals surface area contributed by atoms with E-state index < -0.39 is 10.0 Å². The minimum absolute atomic E-state index is 0.0172. The van der Waals surface area contributed by atoms with Gasteiger partial charge in [-0.15, -0.1) is 6.58 Å². The molecule has 0 radical (unpaired) electrons. The van der Waals surface area contributed by atoms with Crippen molar-refractivity contribution in [2.24, 2.45) is 5.41 Å². The van der Waals surface area contributed by atoms with Gasteiger partial charge in [0.1, 0.15) is 0 Å². The summed E-state index contributed by atoms with van der Waals surface area (Å²) in [5, 5.41) is 0. The molecule has 0 unspecified atom stereocenters. The van der Waals surface area contributed by atoms with Gasteiger partial charge in [0.2, 0.25) is 10.0 Å². The molecular formula is C16H23N2O4S+. The molecule has 0 aromatic heterocycles. The van der Waals surface area contributed by atoms with Crippen LogP contribution in [0.25, 0.3) is 0 Å². The van der Waals surface area contributed by atoms with Gasteiger partial charge in [-0.3, -0.25) is 0 Å². The van der Waals surface area contributed by atoms with E-state index in [-0.39, 0.29) is 16.0 Å². The van der Waals surface area contributed by atoms with E-state index >= 15 is 0 Å². The molecule has 1 aliphatic carbocycles. The van der Waals surface area contributed by atoms with Gasteiger partial charge >= 0.3 is 5.69 Å². The molecule has 1 N–H and O–H groups in total. The van der Waals surface area contributed by atoms with Crippen molar-refractivity contribution in [3.63, 3.8) is 0 Å². The zero-order valence-corrected chi connectivity index (χ0v) is 14.1. The number of hydrogen-bond acceptors (Lipinski definition) is 4. The number of sulfonamides is 1. The Morgan fingerprint density at radius 3 is 2.43 bits per heavy atom. The van der Waals surface area contributed by atoms with E-state index in [9.17, 15) is 13.3 Å². The Morgan fingerprint density at radius 2 is 1.91 bits per heavy atom. The normalized spacial score (nSPS) is 16.9. The summed E-state index contributed by atoms with van der Waals surface area (Å²) in [7, 11) is -2.35. The fourth-order valence-electron chi connectivity index (χ4n) is 3.07. The van der Waals surface area contributed by atoms with Crippen LogP contribution in [0.15, 0.2) is 41.8 Å². The summed E-state index contributed by atoms with van der Waals surface area (Å²) in [6.45, 7) is 4.19. The van der Waals surface area contributed by atoms with Gasteiger partial charge < -0.3 is 0 Å². The fraction of sp³-hybridized carbons (Fsp3) is 0.500. The Hall–Kier alpha value is -1.73. The van der Waals surface area contributed by atoms with Gasteiger partial charge in [0.15, 0.2) is 7.11 Å². The van der Waals surface area contributed by atoms with E-state index in [0.29, 0.717) is 11.5 Å². The van der Waals surface area contributed by atoms with Gasteiger partial charge in [-0.25, -0.2) is 18.0 Å². The van der Waals surface area contributed by atoms with Crippen molar-refractivity contribution in [3.8, 4) is 0 Å². The van der Waals surface area contributed by atoms with Crippen LogP contribution in [0.5, 0.6) is 0 Å². The third-order valence-electron chi connectivity index (χ3n) is 4.40. The maximum absolute atomic E-state index is 12.4. The van der Waals surface area contributed by atoms with Crippen LogP contribution in [-0.4, -0.2) is 27.0 Å². The number of nitrogens with one attached hydrogen (secondary N) is 1. The summed E-state index contributed by atoms with van der Waals surface area (Å²) >= 11 is 0. The average molecular weight is 339 g/mol. The van der Waals surface area contributed by atoms with E-state index in [2.05, 4.69) is 16.1 Å². The molecule has 0 atom stereocenters. The van der Waals surface area contributed by atoms with Gasteiger partial charge in [-0.05, 0) is 36.8 Å². The number of nitrogens with zero attached hydrogens (tertiary/aromatic N) is 1. The lowest BCUT2D eigenvalue weighted by Gasteiger charge is -2.27. The van der Waals surface area contributed by atoms with E-state index in [0.717, 1.165) is 32.1 Å². The molecule has 126 valence electrons. The topological polar surface area (TPSA) is 75.5 Å². The lowest BCUT2D eigenvalue weighted by molar-refractivity contribution is -0.736. The maximum Gasteiger partial charge on any atom is 0.316 e. The van der Waals surface area contributed by atoms with Crippen molar-refractivity contribution in [1.29, 1.82) is 0 Å². The van der Waals surface area contributed by atoms with Crippen molar-refractivity contribution in [1.82, 2.24) is 4.72 Å². The van der Waals surface area contributed by atoms with Crippen LogP contribution in [0.2, 0.25) is 0 Å². The van der Waals surface area contributed by atoms with Crippen molar-refractivity contribution >= 4 is 15.7 Å². The molecule has 2 rings (SSSR count). The highest BCUT2D eigenvalue weighted by atomic mass is 32.2. The molecule has 0 amide bonds. The van der Waals surface area contributed by atoms with Gasteiger partial charge in [0.25, 0.3) is 4.92 Å². The molecule has 0 aliphatic heterocycles. The van der Waals surface area contributed by atoms with E-state index in [1.165, 1.54) is 31.4 Å². The van der Waals surface area contributed by atoms with E-state index in [4.69, 9.17) is 0 Å². The van der Waals surface area contributed by atoms with Crippen molar-refractivity contribution < 1.29 is 18.2 Å². The molecule has 0 heterocycles. The zero-order valence-electron chi connectivity index (χ0n) is 13.3. The largest absolute Gasteiger partial charge is 0.316 e. The third kappa shape index (κ3) is 4.17. The van der Waals surface area contributed by atoms with Crippen LogP contribution >= 0.6 is 0 Å². The second-order valence-electron chi connectivity index (χ2n) is 5.96. The smallest absolute Gasteiger partial charge is 0.230 e. The molecule has 1 aromatic rings.